The average Bonchev–Trinajstić information content (AvgIpc) is 2.65. The number of nitrogens with one attached hydrogen (secondary N) is 2. The third kappa shape index (κ3) is 1.93. The lowest BCUT2D eigenvalue weighted by Gasteiger charge is -2.29. The highest BCUT2D eigenvalue weighted by atomic mass is 35.6. The van der Waals surface area contributed by atoms with Crippen molar-refractivity contribution in [2.75, 3.05) is 6.54 Å². The van der Waals surface area contributed by atoms with Gasteiger partial charge in [-0.1, -0.05) is 53.0 Å². The molecule has 1 aromatic heterocycles. The predicted octanol–water partition coefficient (Wildman–Crippen LogP) is 3.72. The number of aromatic nitrogens is 1. The molecule has 0 aliphatic carbocycles. The normalized spacial score (nSPS) is 20.5. The molecule has 5 heteroatoms. The SMILES string of the molecule is ClC(Cl)(Cl)C1NCCc2c1[nH]c1ccccc21. The number of halogens is 3. The number of para-hydroxylation sites is 1. The number of benzene rings is 1. The molecule has 0 saturated heterocycles. The summed E-state index contributed by atoms with van der Waals surface area (Å²) in [5.74, 6) is 0. The fourth-order valence-corrected chi connectivity index (χ4v) is 3.02. The van der Waals surface area contributed by atoms with Crippen molar-refractivity contribution in [3.8, 4) is 0 Å². The van der Waals surface area contributed by atoms with Crippen LogP contribution in [0.15, 0.2) is 24.3 Å². The van der Waals surface area contributed by atoms with Crippen molar-refractivity contribution < 1.29 is 0 Å². The molecule has 0 bridgehead atoms. The summed E-state index contributed by atoms with van der Waals surface area (Å²) < 4.78 is -1.34. The Labute approximate surface area is 114 Å². The fraction of sp³-hybridized carbons (Fsp3) is 0.333. The van der Waals surface area contributed by atoms with E-state index in [1.165, 1.54) is 10.9 Å². The van der Waals surface area contributed by atoms with E-state index in [9.17, 15) is 0 Å². The molecule has 17 heavy (non-hydrogen) atoms. The van der Waals surface area contributed by atoms with Crippen LogP contribution in [-0.4, -0.2) is 15.3 Å². The number of hydrogen-bond acceptors (Lipinski definition) is 1. The second-order valence-corrected chi connectivity index (χ2v) is 6.61. The molecule has 0 fully saturated rings. The van der Waals surface area contributed by atoms with Gasteiger partial charge >= 0.3 is 0 Å². The predicted molar refractivity (Wildman–Crippen MR) is 73.0 cm³/mol. The summed E-state index contributed by atoms with van der Waals surface area (Å²) in [4.78, 5) is 3.36. The lowest BCUT2D eigenvalue weighted by molar-refractivity contribution is 0.504. The first-order valence-corrected chi connectivity index (χ1v) is 6.60. The van der Waals surface area contributed by atoms with E-state index >= 15 is 0 Å². The molecule has 0 radical (unpaired) electrons. The van der Waals surface area contributed by atoms with Gasteiger partial charge in [0.25, 0.3) is 0 Å². The van der Waals surface area contributed by atoms with E-state index < -0.39 is 3.79 Å². The third-order valence-corrected chi connectivity index (χ3v) is 3.84. The van der Waals surface area contributed by atoms with Gasteiger partial charge in [0.15, 0.2) is 0 Å². The van der Waals surface area contributed by atoms with Crippen molar-refractivity contribution in [3.05, 3.63) is 35.5 Å². The molecule has 90 valence electrons. The number of fused-ring (bicyclic) bond motifs is 3. The second kappa shape index (κ2) is 4.06. The minimum atomic E-state index is -1.34. The van der Waals surface area contributed by atoms with Gasteiger partial charge in [0.2, 0.25) is 3.79 Å². The van der Waals surface area contributed by atoms with Crippen LogP contribution in [0.2, 0.25) is 0 Å². The van der Waals surface area contributed by atoms with Crippen LogP contribution < -0.4 is 5.32 Å². The number of aromatic amines is 1. The maximum atomic E-state index is 6.02. The van der Waals surface area contributed by atoms with E-state index in [4.69, 9.17) is 34.8 Å². The molecular weight excluding hydrogens is 279 g/mol. The van der Waals surface area contributed by atoms with Crippen molar-refractivity contribution >= 4 is 45.7 Å². The molecule has 1 aromatic carbocycles. The summed E-state index contributed by atoms with van der Waals surface area (Å²) in [6, 6.07) is 7.91. The van der Waals surface area contributed by atoms with Gasteiger partial charge in [-0.05, 0) is 18.1 Å². The molecule has 0 amide bonds. The van der Waals surface area contributed by atoms with Gasteiger partial charge in [0.05, 0.1) is 6.04 Å². The van der Waals surface area contributed by atoms with Gasteiger partial charge < -0.3 is 10.3 Å². The highest BCUT2D eigenvalue weighted by Gasteiger charge is 2.38. The van der Waals surface area contributed by atoms with Gasteiger partial charge in [0, 0.05) is 23.1 Å². The molecule has 2 heterocycles. The monoisotopic (exact) mass is 288 g/mol. The summed E-state index contributed by atoms with van der Waals surface area (Å²) in [5.41, 5.74) is 3.36. The maximum absolute atomic E-state index is 6.02. The van der Waals surface area contributed by atoms with Crippen molar-refractivity contribution in [3.63, 3.8) is 0 Å². The number of rotatable bonds is 0. The summed E-state index contributed by atoms with van der Waals surface area (Å²) in [6.45, 7) is 0.827. The van der Waals surface area contributed by atoms with Crippen LogP contribution in [-0.2, 0) is 6.42 Å². The zero-order valence-electron chi connectivity index (χ0n) is 8.93. The minimum absolute atomic E-state index is 0.274. The lowest BCUT2D eigenvalue weighted by Crippen LogP contribution is -2.37. The van der Waals surface area contributed by atoms with Crippen LogP contribution in [0.4, 0.5) is 0 Å². The van der Waals surface area contributed by atoms with Crippen molar-refractivity contribution in [2.45, 2.75) is 16.3 Å². The Morgan fingerprint density at radius 2 is 1.94 bits per heavy atom. The van der Waals surface area contributed by atoms with Crippen LogP contribution in [0.3, 0.4) is 0 Å². The first-order valence-electron chi connectivity index (χ1n) is 5.47. The van der Waals surface area contributed by atoms with Gasteiger partial charge in [-0.25, -0.2) is 0 Å². The minimum Gasteiger partial charge on any atom is -0.357 e. The summed E-state index contributed by atoms with van der Waals surface area (Å²) in [5, 5.41) is 4.47. The van der Waals surface area contributed by atoms with Crippen LogP contribution in [0.5, 0.6) is 0 Å². The Morgan fingerprint density at radius 3 is 2.71 bits per heavy atom. The van der Waals surface area contributed by atoms with Gasteiger partial charge in [-0.2, -0.15) is 0 Å². The Bertz CT molecular complexity index is 556. The topological polar surface area (TPSA) is 27.8 Å². The highest BCUT2D eigenvalue weighted by Crippen LogP contribution is 2.43. The first kappa shape index (κ1) is 11.7. The van der Waals surface area contributed by atoms with Crippen LogP contribution >= 0.6 is 34.8 Å². The van der Waals surface area contributed by atoms with Gasteiger partial charge in [-0.15, -0.1) is 0 Å². The zero-order chi connectivity index (χ0) is 12.0. The second-order valence-electron chi connectivity index (χ2n) is 4.24. The van der Waals surface area contributed by atoms with Crippen LogP contribution in [0.25, 0.3) is 10.9 Å². The Balaban J connectivity index is 2.21. The highest BCUT2D eigenvalue weighted by molar-refractivity contribution is 6.68. The number of hydrogen-bond donors (Lipinski definition) is 2. The maximum Gasteiger partial charge on any atom is 0.211 e. The first-order chi connectivity index (χ1) is 8.07. The molecule has 0 saturated carbocycles. The summed E-state index contributed by atoms with van der Waals surface area (Å²) in [6.07, 6.45) is 0.955. The molecule has 1 aliphatic heterocycles. The molecule has 1 unspecified atom stereocenters. The van der Waals surface area contributed by atoms with E-state index in [0.717, 1.165) is 24.2 Å². The Hall–Kier alpha value is -0.410. The number of alkyl halides is 3. The van der Waals surface area contributed by atoms with E-state index in [-0.39, 0.29) is 6.04 Å². The molecule has 1 aliphatic rings. The molecular formula is C12H11Cl3N2. The van der Waals surface area contributed by atoms with E-state index in [1.54, 1.807) is 0 Å². The van der Waals surface area contributed by atoms with Crippen molar-refractivity contribution in [1.82, 2.24) is 10.3 Å². The fourth-order valence-electron chi connectivity index (χ4n) is 2.46. The number of H-pyrrole nitrogens is 1. The molecule has 2 nitrogen and oxygen atoms in total. The van der Waals surface area contributed by atoms with E-state index in [1.807, 2.05) is 18.2 Å². The summed E-state index contributed by atoms with van der Waals surface area (Å²) in [7, 11) is 0. The largest absolute Gasteiger partial charge is 0.357 e. The van der Waals surface area contributed by atoms with Crippen molar-refractivity contribution in [1.29, 1.82) is 0 Å². The van der Waals surface area contributed by atoms with Crippen molar-refractivity contribution in [2.24, 2.45) is 0 Å². The average molecular weight is 290 g/mol. The van der Waals surface area contributed by atoms with Crippen LogP contribution in [0, 0.1) is 0 Å². The third-order valence-electron chi connectivity index (χ3n) is 3.19. The van der Waals surface area contributed by atoms with E-state index in [2.05, 4.69) is 16.4 Å². The van der Waals surface area contributed by atoms with Gasteiger partial charge in [0.1, 0.15) is 0 Å². The zero-order valence-corrected chi connectivity index (χ0v) is 11.2. The molecule has 2 aromatic rings. The quantitative estimate of drug-likeness (QED) is 0.711. The lowest BCUT2D eigenvalue weighted by atomic mass is 10.00. The van der Waals surface area contributed by atoms with Gasteiger partial charge in [-0.3, -0.25) is 0 Å². The van der Waals surface area contributed by atoms with E-state index in [0.29, 0.717) is 0 Å². The molecule has 1 atom stereocenters. The smallest absolute Gasteiger partial charge is 0.211 e. The van der Waals surface area contributed by atoms with Crippen LogP contribution in [0.1, 0.15) is 17.3 Å². The summed E-state index contributed by atoms with van der Waals surface area (Å²) >= 11 is 18.0. The molecule has 3 rings (SSSR count). The Morgan fingerprint density at radius 1 is 1.18 bits per heavy atom. The molecule has 2 N–H and O–H groups in total. The molecule has 0 spiro atoms. The standard InChI is InChI=1S/C12H11Cl3N2/c13-12(14,15)11-10-8(5-6-16-11)7-3-1-2-4-9(7)17-10/h1-4,11,16-17H,5-6H2. The Kier molecular flexibility index (Phi) is 2.79.